The SMILES string of the molecule is CC(C)(C)C1CCC(O[Si](C)(C)C)C1. The van der Waals surface area contributed by atoms with Crippen LogP contribution in [0.5, 0.6) is 0 Å². The maximum atomic E-state index is 6.16. The van der Waals surface area contributed by atoms with E-state index in [0.29, 0.717) is 11.5 Å². The van der Waals surface area contributed by atoms with E-state index in [1.807, 2.05) is 0 Å². The van der Waals surface area contributed by atoms with E-state index in [9.17, 15) is 0 Å². The third-order valence-electron chi connectivity index (χ3n) is 3.13. The third-order valence-corrected chi connectivity index (χ3v) is 4.17. The Hall–Kier alpha value is 0.177. The molecule has 1 aliphatic carbocycles. The molecule has 2 heteroatoms. The zero-order chi connectivity index (χ0) is 11.0. The Kier molecular flexibility index (Phi) is 3.48. The van der Waals surface area contributed by atoms with E-state index in [2.05, 4.69) is 40.4 Å². The number of hydrogen-bond donors (Lipinski definition) is 0. The predicted octanol–water partition coefficient (Wildman–Crippen LogP) is 4.05. The summed E-state index contributed by atoms with van der Waals surface area (Å²) < 4.78 is 6.16. The van der Waals surface area contributed by atoms with Crippen LogP contribution in [-0.2, 0) is 4.43 Å². The lowest BCUT2D eigenvalue weighted by atomic mass is 9.80. The summed E-state index contributed by atoms with van der Waals surface area (Å²) in [4.78, 5) is 0. The van der Waals surface area contributed by atoms with E-state index in [1.165, 1.54) is 19.3 Å². The van der Waals surface area contributed by atoms with Gasteiger partial charge in [-0.25, -0.2) is 0 Å². The van der Waals surface area contributed by atoms with Crippen LogP contribution in [0.4, 0.5) is 0 Å². The van der Waals surface area contributed by atoms with Crippen molar-refractivity contribution in [2.45, 2.75) is 65.8 Å². The molecule has 2 atom stereocenters. The molecule has 0 bridgehead atoms. The van der Waals surface area contributed by atoms with Crippen molar-refractivity contribution in [3.63, 3.8) is 0 Å². The van der Waals surface area contributed by atoms with Crippen LogP contribution in [0.15, 0.2) is 0 Å². The Labute approximate surface area is 90.4 Å². The highest BCUT2D eigenvalue weighted by molar-refractivity contribution is 6.69. The van der Waals surface area contributed by atoms with Crippen molar-refractivity contribution in [3.05, 3.63) is 0 Å². The van der Waals surface area contributed by atoms with Gasteiger partial charge in [0.1, 0.15) is 0 Å². The van der Waals surface area contributed by atoms with Crippen molar-refractivity contribution in [1.82, 2.24) is 0 Å². The fraction of sp³-hybridized carbons (Fsp3) is 1.00. The molecular weight excluding hydrogens is 188 g/mol. The second-order valence-corrected chi connectivity index (χ2v) is 11.2. The van der Waals surface area contributed by atoms with Gasteiger partial charge >= 0.3 is 0 Å². The molecule has 1 saturated carbocycles. The summed E-state index contributed by atoms with van der Waals surface area (Å²) >= 11 is 0. The second-order valence-electron chi connectivity index (χ2n) is 6.73. The van der Waals surface area contributed by atoms with Crippen LogP contribution in [0.3, 0.4) is 0 Å². The lowest BCUT2D eigenvalue weighted by Gasteiger charge is -2.28. The summed E-state index contributed by atoms with van der Waals surface area (Å²) in [6, 6.07) is 0. The maximum Gasteiger partial charge on any atom is 0.184 e. The minimum atomic E-state index is -1.31. The average Bonchev–Trinajstić information content (AvgIpc) is 2.29. The quantitative estimate of drug-likeness (QED) is 0.630. The molecule has 0 saturated heterocycles. The fourth-order valence-corrected chi connectivity index (χ4v) is 3.55. The molecule has 0 spiro atoms. The van der Waals surface area contributed by atoms with Crippen LogP contribution in [0.2, 0.25) is 19.6 Å². The van der Waals surface area contributed by atoms with Crippen LogP contribution in [0, 0.1) is 11.3 Å². The minimum Gasteiger partial charge on any atom is -0.415 e. The molecule has 0 N–H and O–H groups in total. The topological polar surface area (TPSA) is 9.23 Å². The van der Waals surface area contributed by atoms with Crippen LogP contribution in [0.1, 0.15) is 40.0 Å². The number of rotatable bonds is 2. The van der Waals surface area contributed by atoms with Gasteiger partial charge in [-0.3, -0.25) is 0 Å². The Bertz CT molecular complexity index is 187. The molecule has 0 aromatic heterocycles. The van der Waals surface area contributed by atoms with Crippen LogP contribution in [-0.4, -0.2) is 14.4 Å². The first kappa shape index (κ1) is 12.2. The Morgan fingerprint density at radius 3 is 2.00 bits per heavy atom. The molecule has 14 heavy (non-hydrogen) atoms. The van der Waals surface area contributed by atoms with Gasteiger partial charge in [0.15, 0.2) is 8.32 Å². The van der Waals surface area contributed by atoms with Crippen molar-refractivity contribution >= 4 is 8.32 Å². The van der Waals surface area contributed by atoms with E-state index in [-0.39, 0.29) is 0 Å². The minimum absolute atomic E-state index is 0.470. The normalized spacial score (nSPS) is 29.6. The average molecular weight is 214 g/mol. The zero-order valence-electron chi connectivity index (χ0n) is 10.7. The summed E-state index contributed by atoms with van der Waals surface area (Å²) in [6.45, 7) is 13.9. The molecule has 2 unspecified atom stereocenters. The molecule has 0 amide bonds. The Balaban J connectivity index is 2.42. The van der Waals surface area contributed by atoms with Gasteiger partial charge in [0.25, 0.3) is 0 Å². The highest BCUT2D eigenvalue weighted by Gasteiger charge is 2.35. The van der Waals surface area contributed by atoms with Crippen molar-refractivity contribution in [3.8, 4) is 0 Å². The number of hydrogen-bond acceptors (Lipinski definition) is 1. The van der Waals surface area contributed by atoms with Crippen LogP contribution >= 0.6 is 0 Å². The van der Waals surface area contributed by atoms with Gasteiger partial charge < -0.3 is 4.43 Å². The zero-order valence-corrected chi connectivity index (χ0v) is 11.7. The molecule has 1 aliphatic rings. The first-order chi connectivity index (χ1) is 6.18. The molecule has 0 aliphatic heterocycles. The monoisotopic (exact) mass is 214 g/mol. The first-order valence-electron chi connectivity index (χ1n) is 5.86. The highest BCUT2D eigenvalue weighted by atomic mass is 28.4. The van der Waals surface area contributed by atoms with Gasteiger partial charge in [-0.05, 0) is 50.2 Å². The predicted molar refractivity (Wildman–Crippen MR) is 65.0 cm³/mol. The van der Waals surface area contributed by atoms with Gasteiger partial charge in [0, 0.05) is 6.10 Å². The van der Waals surface area contributed by atoms with Crippen LogP contribution < -0.4 is 0 Å². The molecule has 0 heterocycles. The molecule has 1 fully saturated rings. The van der Waals surface area contributed by atoms with Crippen molar-refractivity contribution in [2.75, 3.05) is 0 Å². The Morgan fingerprint density at radius 1 is 1.07 bits per heavy atom. The third kappa shape index (κ3) is 3.74. The van der Waals surface area contributed by atoms with Gasteiger partial charge in [-0.1, -0.05) is 20.8 Å². The molecule has 1 rings (SSSR count). The molecule has 1 nitrogen and oxygen atoms in total. The van der Waals surface area contributed by atoms with E-state index >= 15 is 0 Å². The molecule has 0 aromatic rings. The summed E-state index contributed by atoms with van der Waals surface area (Å²) in [5.74, 6) is 0.865. The maximum absolute atomic E-state index is 6.16. The molecule has 84 valence electrons. The summed E-state index contributed by atoms with van der Waals surface area (Å²) in [5.41, 5.74) is 0.470. The summed E-state index contributed by atoms with van der Waals surface area (Å²) in [6.07, 6.45) is 4.49. The van der Waals surface area contributed by atoms with E-state index in [4.69, 9.17) is 4.43 Å². The van der Waals surface area contributed by atoms with E-state index in [0.717, 1.165) is 5.92 Å². The van der Waals surface area contributed by atoms with Gasteiger partial charge in [-0.15, -0.1) is 0 Å². The standard InChI is InChI=1S/C12H26OSi/c1-12(2,3)10-7-8-11(9-10)13-14(4,5)6/h10-11H,7-9H2,1-6H3. The van der Waals surface area contributed by atoms with Gasteiger partial charge in [0.2, 0.25) is 0 Å². The molecular formula is C12H26OSi. The van der Waals surface area contributed by atoms with E-state index < -0.39 is 8.32 Å². The van der Waals surface area contributed by atoms with Crippen LogP contribution in [0.25, 0.3) is 0 Å². The van der Waals surface area contributed by atoms with E-state index in [1.54, 1.807) is 0 Å². The van der Waals surface area contributed by atoms with Crippen molar-refractivity contribution in [1.29, 1.82) is 0 Å². The van der Waals surface area contributed by atoms with Crippen molar-refractivity contribution < 1.29 is 4.43 Å². The molecule has 0 aromatic carbocycles. The Morgan fingerprint density at radius 2 is 1.64 bits per heavy atom. The van der Waals surface area contributed by atoms with Crippen molar-refractivity contribution in [2.24, 2.45) is 11.3 Å². The molecule has 0 radical (unpaired) electrons. The lowest BCUT2D eigenvalue weighted by molar-refractivity contribution is 0.172. The smallest absolute Gasteiger partial charge is 0.184 e. The largest absolute Gasteiger partial charge is 0.415 e. The fourth-order valence-electron chi connectivity index (χ4n) is 2.33. The lowest BCUT2D eigenvalue weighted by Crippen LogP contribution is -2.31. The summed E-state index contributed by atoms with van der Waals surface area (Å²) in [5, 5.41) is 0. The second kappa shape index (κ2) is 3.97. The highest BCUT2D eigenvalue weighted by Crippen LogP contribution is 2.40. The first-order valence-corrected chi connectivity index (χ1v) is 9.27. The van der Waals surface area contributed by atoms with Gasteiger partial charge in [0.05, 0.1) is 0 Å². The van der Waals surface area contributed by atoms with Gasteiger partial charge in [-0.2, -0.15) is 0 Å². The summed E-state index contributed by atoms with van der Waals surface area (Å²) in [7, 11) is -1.31.